The summed E-state index contributed by atoms with van der Waals surface area (Å²) in [5, 5.41) is 0. The second-order valence-electron chi connectivity index (χ2n) is 7.78. The summed E-state index contributed by atoms with van der Waals surface area (Å²) < 4.78 is 19.2. The SMILES string of the molecule is Cc1ccc(C(=O)N2CC(C(=O)N3CCOCC3)C(c3cccc(F)c3)C2)cc1. The normalized spacial score (nSPS) is 22.0. The monoisotopic (exact) mass is 396 g/mol. The number of aryl methyl sites for hydroxylation is 1. The van der Waals surface area contributed by atoms with Crippen molar-refractivity contribution in [3.05, 3.63) is 71.0 Å². The van der Waals surface area contributed by atoms with Crippen molar-refractivity contribution in [2.24, 2.45) is 5.92 Å². The van der Waals surface area contributed by atoms with Crippen LogP contribution in [0.1, 0.15) is 27.4 Å². The number of amides is 2. The fraction of sp³-hybridized carbons (Fsp3) is 0.391. The second-order valence-corrected chi connectivity index (χ2v) is 7.78. The Labute approximate surface area is 170 Å². The van der Waals surface area contributed by atoms with Crippen LogP contribution in [0.4, 0.5) is 4.39 Å². The summed E-state index contributed by atoms with van der Waals surface area (Å²) >= 11 is 0. The van der Waals surface area contributed by atoms with E-state index in [9.17, 15) is 14.0 Å². The van der Waals surface area contributed by atoms with Crippen LogP contribution in [-0.2, 0) is 9.53 Å². The summed E-state index contributed by atoms with van der Waals surface area (Å²) in [4.78, 5) is 29.8. The highest BCUT2D eigenvalue weighted by Gasteiger charge is 2.42. The highest BCUT2D eigenvalue weighted by molar-refractivity contribution is 5.95. The first-order valence-corrected chi connectivity index (χ1v) is 10.0. The van der Waals surface area contributed by atoms with Crippen molar-refractivity contribution in [3.63, 3.8) is 0 Å². The van der Waals surface area contributed by atoms with Crippen LogP contribution in [0.15, 0.2) is 48.5 Å². The highest BCUT2D eigenvalue weighted by atomic mass is 19.1. The van der Waals surface area contributed by atoms with E-state index in [0.29, 0.717) is 45.0 Å². The molecule has 0 N–H and O–H groups in total. The molecule has 0 bridgehead atoms. The molecule has 2 aromatic rings. The first kappa shape index (κ1) is 19.6. The minimum atomic E-state index is -0.385. The Morgan fingerprint density at radius 2 is 1.72 bits per heavy atom. The minimum Gasteiger partial charge on any atom is -0.378 e. The number of hydrogen-bond acceptors (Lipinski definition) is 3. The summed E-state index contributed by atoms with van der Waals surface area (Å²) in [6, 6.07) is 13.8. The predicted octanol–water partition coefficient (Wildman–Crippen LogP) is 2.85. The number of rotatable bonds is 3. The van der Waals surface area contributed by atoms with Crippen LogP contribution in [0.25, 0.3) is 0 Å². The predicted molar refractivity (Wildman–Crippen MR) is 107 cm³/mol. The van der Waals surface area contributed by atoms with Gasteiger partial charge < -0.3 is 14.5 Å². The van der Waals surface area contributed by atoms with E-state index in [-0.39, 0.29) is 29.5 Å². The van der Waals surface area contributed by atoms with Gasteiger partial charge in [-0.2, -0.15) is 0 Å². The molecule has 2 saturated heterocycles. The number of benzene rings is 2. The van der Waals surface area contributed by atoms with E-state index in [1.807, 2.05) is 37.3 Å². The maximum atomic E-state index is 13.9. The first-order valence-electron chi connectivity index (χ1n) is 10.0. The molecule has 0 radical (unpaired) electrons. The highest BCUT2D eigenvalue weighted by Crippen LogP contribution is 2.35. The van der Waals surface area contributed by atoms with E-state index >= 15 is 0 Å². The lowest BCUT2D eigenvalue weighted by Crippen LogP contribution is -2.45. The zero-order valence-electron chi connectivity index (χ0n) is 16.5. The van der Waals surface area contributed by atoms with Gasteiger partial charge in [0, 0.05) is 37.7 Å². The van der Waals surface area contributed by atoms with Gasteiger partial charge in [-0.25, -0.2) is 4.39 Å². The molecular weight excluding hydrogens is 371 g/mol. The molecule has 0 aliphatic carbocycles. The van der Waals surface area contributed by atoms with E-state index < -0.39 is 0 Å². The molecule has 2 heterocycles. The number of carbonyl (C=O) groups is 2. The fourth-order valence-electron chi connectivity index (χ4n) is 4.19. The van der Waals surface area contributed by atoms with Crippen molar-refractivity contribution in [1.82, 2.24) is 9.80 Å². The van der Waals surface area contributed by atoms with Crippen molar-refractivity contribution < 1.29 is 18.7 Å². The third kappa shape index (κ3) is 4.17. The topological polar surface area (TPSA) is 49.9 Å². The van der Waals surface area contributed by atoms with Gasteiger partial charge in [-0.1, -0.05) is 29.8 Å². The summed E-state index contributed by atoms with van der Waals surface area (Å²) in [5.74, 6) is -1.02. The molecule has 0 aromatic heterocycles. The molecule has 2 fully saturated rings. The first-order chi connectivity index (χ1) is 14.0. The van der Waals surface area contributed by atoms with Gasteiger partial charge in [0.2, 0.25) is 5.91 Å². The maximum Gasteiger partial charge on any atom is 0.253 e. The van der Waals surface area contributed by atoms with Crippen molar-refractivity contribution >= 4 is 11.8 Å². The molecule has 152 valence electrons. The molecule has 2 amide bonds. The molecule has 5 nitrogen and oxygen atoms in total. The Kier molecular flexibility index (Phi) is 5.62. The molecule has 0 spiro atoms. The number of hydrogen-bond donors (Lipinski definition) is 0. The van der Waals surface area contributed by atoms with Gasteiger partial charge in [0.15, 0.2) is 0 Å². The lowest BCUT2D eigenvalue weighted by molar-refractivity contribution is -0.139. The van der Waals surface area contributed by atoms with E-state index in [0.717, 1.165) is 11.1 Å². The van der Waals surface area contributed by atoms with Crippen molar-refractivity contribution in [1.29, 1.82) is 0 Å². The summed E-state index contributed by atoms with van der Waals surface area (Å²) in [6.45, 7) is 4.86. The van der Waals surface area contributed by atoms with Crippen LogP contribution in [0, 0.1) is 18.7 Å². The van der Waals surface area contributed by atoms with Crippen molar-refractivity contribution in [3.8, 4) is 0 Å². The Hall–Kier alpha value is -2.73. The third-order valence-corrected chi connectivity index (χ3v) is 5.82. The second kappa shape index (κ2) is 8.33. The van der Waals surface area contributed by atoms with E-state index in [4.69, 9.17) is 4.74 Å². The number of carbonyl (C=O) groups excluding carboxylic acids is 2. The minimum absolute atomic E-state index is 0.0155. The van der Waals surface area contributed by atoms with Crippen LogP contribution >= 0.6 is 0 Å². The van der Waals surface area contributed by atoms with E-state index in [1.54, 1.807) is 15.9 Å². The van der Waals surface area contributed by atoms with Crippen molar-refractivity contribution in [2.45, 2.75) is 12.8 Å². The van der Waals surface area contributed by atoms with Gasteiger partial charge in [0.25, 0.3) is 5.91 Å². The van der Waals surface area contributed by atoms with Gasteiger partial charge in [0.1, 0.15) is 5.82 Å². The molecule has 4 rings (SSSR count). The van der Waals surface area contributed by atoms with Gasteiger partial charge >= 0.3 is 0 Å². The summed E-state index contributed by atoms with van der Waals surface area (Å²) in [6.07, 6.45) is 0. The van der Waals surface area contributed by atoms with Crippen LogP contribution in [0.5, 0.6) is 0 Å². The van der Waals surface area contributed by atoms with E-state index in [2.05, 4.69) is 0 Å². The molecule has 2 aromatic carbocycles. The molecule has 2 atom stereocenters. The van der Waals surface area contributed by atoms with Crippen molar-refractivity contribution in [2.75, 3.05) is 39.4 Å². The van der Waals surface area contributed by atoms with Gasteiger partial charge in [-0.15, -0.1) is 0 Å². The zero-order valence-corrected chi connectivity index (χ0v) is 16.5. The lowest BCUT2D eigenvalue weighted by atomic mass is 9.88. The number of likely N-dealkylation sites (tertiary alicyclic amines) is 1. The van der Waals surface area contributed by atoms with Gasteiger partial charge in [-0.3, -0.25) is 9.59 Å². The fourth-order valence-corrected chi connectivity index (χ4v) is 4.19. The molecule has 29 heavy (non-hydrogen) atoms. The van der Waals surface area contributed by atoms with Gasteiger partial charge in [-0.05, 0) is 36.8 Å². The smallest absolute Gasteiger partial charge is 0.253 e. The Bertz CT molecular complexity index is 893. The standard InChI is InChI=1S/C23H25FN2O3/c1-16-5-7-17(8-6-16)22(27)26-14-20(18-3-2-4-19(24)13-18)21(15-26)23(28)25-9-11-29-12-10-25/h2-8,13,20-21H,9-12,14-15H2,1H3. The van der Waals surface area contributed by atoms with Crippen LogP contribution < -0.4 is 0 Å². The molecule has 2 aliphatic heterocycles. The molecular formula is C23H25FN2O3. The molecule has 2 unspecified atom stereocenters. The summed E-state index contributed by atoms with van der Waals surface area (Å²) in [5.41, 5.74) is 2.45. The maximum absolute atomic E-state index is 13.9. The van der Waals surface area contributed by atoms with E-state index in [1.165, 1.54) is 12.1 Å². The quantitative estimate of drug-likeness (QED) is 0.802. The number of nitrogens with zero attached hydrogens (tertiary/aromatic N) is 2. The molecule has 2 aliphatic rings. The van der Waals surface area contributed by atoms with Crippen LogP contribution in [0.2, 0.25) is 0 Å². The largest absolute Gasteiger partial charge is 0.378 e. The average Bonchev–Trinajstić information content (AvgIpc) is 3.19. The Morgan fingerprint density at radius 3 is 2.41 bits per heavy atom. The average molecular weight is 396 g/mol. The number of morpholine rings is 1. The molecule has 0 saturated carbocycles. The Morgan fingerprint density at radius 1 is 1.00 bits per heavy atom. The number of ether oxygens (including phenoxy) is 1. The lowest BCUT2D eigenvalue weighted by Gasteiger charge is -2.30. The van der Waals surface area contributed by atoms with Crippen LogP contribution in [0.3, 0.4) is 0 Å². The number of halogens is 1. The third-order valence-electron chi connectivity index (χ3n) is 5.82. The zero-order chi connectivity index (χ0) is 20.4. The Balaban J connectivity index is 1.60. The molecule has 6 heteroatoms. The van der Waals surface area contributed by atoms with Crippen LogP contribution in [-0.4, -0.2) is 61.0 Å². The van der Waals surface area contributed by atoms with Gasteiger partial charge in [0.05, 0.1) is 19.1 Å². The summed E-state index contributed by atoms with van der Waals surface area (Å²) in [7, 11) is 0.